The maximum atomic E-state index is 12.5. The lowest BCUT2D eigenvalue weighted by Crippen LogP contribution is -2.48. The molecule has 0 aromatic carbocycles. The standard InChI is InChI=1S/C15H32N4O/c1-13(16)5-6-15(20)19(12-11-17(2)3)14-7-9-18(4)10-8-14/h13-14H,5-12,16H2,1-4H3. The van der Waals surface area contributed by atoms with Gasteiger partial charge in [-0.25, -0.2) is 0 Å². The minimum absolute atomic E-state index is 0.104. The molecule has 5 nitrogen and oxygen atoms in total. The van der Waals surface area contributed by atoms with Gasteiger partial charge in [0.15, 0.2) is 0 Å². The summed E-state index contributed by atoms with van der Waals surface area (Å²) < 4.78 is 0. The Bertz CT molecular complexity index is 286. The largest absolute Gasteiger partial charge is 0.338 e. The van der Waals surface area contributed by atoms with Crippen LogP contribution in [0.25, 0.3) is 0 Å². The first-order valence-electron chi connectivity index (χ1n) is 7.78. The lowest BCUT2D eigenvalue weighted by atomic mass is 10.0. The summed E-state index contributed by atoms with van der Waals surface area (Å²) in [6.07, 6.45) is 3.54. The molecule has 0 aromatic heterocycles. The van der Waals surface area contributed by atoms with E-state index < -0.39 is 0 Å². The van der Waals surface area contributed by atoms with Gasteiger partial charge in [0.25, 0.3) is 0 Å². The molecule has 0 saturated carbocycles. The highest BCUT2D eigenvalue weighted by Gasteiger charge is 2.26. The highest BCUT2D eigenvalue weighted by Crippen LogP contribution is 2.17. The average Bonchev–Trinajstić information content (AvgIpc) is 2.38. The number of carbonyl (C=O) groups is 1. The summed E-state index contributed by atoms with van der Waals surface area (Å²) in [4.78, 5) is 19.1. The lowest BCUT2D eigenvalue weighted by molar-refractivity contribution is -0.134. The van der Waals surface area contributed by atoms with E-state index in [9.17, 15) is 4.79 Å². The monoisotopic (exact) mass is 284 g/mol. The van der Waals surface area contributed by atoms with Crippen molar-refractivity contribution in [1.82, 2.24) is 14.7 Å². The fourth-order valence-electron chi connectivity index (χ4n) is 2.62. The van der Waals surface area contributed by atoms with Gasteiger partial charge < -0.3 is 20.4 Å². The topological polar surface area (TPSA) is 52.8 Å². The molecule has 2 N–H and O–H groups in total. The molecule has 118 valence electrons. The molecule has 1 heterocycles. The van der Waals surface area contributed by atoms with E-state index in [1.165, 1.54) is 0 Å². The maximum Gasteiger partial charge on any atom is 0.222 e. The highest BCUT2D eigenvalue weighted by molar-refractivity contribution is 5.76. The molecule has 1 unspecified atom stereocenters. The number of nitrogens with two attached hydrogens (primary N) is 1. The first kappa shape index (κ1) is 17.4. The van der Waals surface area contributed by atoms with Gasteiger partial charge in [-0.05, 0) is 60.4 Å². The zero-order valence-corrected chi connectivity index (χ0v) is 13.6. The van der Waals surface area contributed by atoms with Crippen LogP contribution in [0, 0.1) is 0 Å². The molecule has 0 bridgehead atoms. The third-order valence-corrected chi connectivity index (χ3v) is 4.05. The summed E-state index contributed by atoms with van der Waals surface area (Å²) in [6, 6.07) is 0.513. The normalized spacial score (nSPS) is 19.3. The second-order valence-corrected chi connectivity index (χ2v) is 6.44. The molecular weight excluding hydrogens is 252 g/mol. The molecule has 20 heavy (non-hydrogen) atoms. The van der Waals surface area contributed by atoms with Crippen LogP contribution in [0.1, 0.15) is 32.6 Å². The van der Waals surface area contributed by atoms with E-state index in [1.807, 2.05) is 6.92 Å². The van der Waals surface area contributed by atoms with E-state index in [4.69, 9.17) is 5.73 Å². The third kappa shape index (κ3) is 6.20. The smallest absolute Gasteiger partial charge is 0.222 e. The van der Waals surface area contributed by atoms with Crippen molar-refractivity contribution in [2.75, 3.05) is 47.3 Å². The lowest BCUT2D eigenvalue weighted by Gasteiger charge is -2.38. The Morgan fingerprint density at radius 1 is 1.30 bits per heavy atom. The Kier molecular flexibility index (Phi) is 7.48. The van der Waals surface area contributed by atoms with Gasteiger partial charge >= 0.3 is 0 Å². The molecule has 0 spiro atoms. The van der Waals surface area contributed by atoms with Gasteiger partial charge in [0.1, 0.15) is 0 Å². The summed E-state index contributed by atoms with van der Waals surface area (Å²) in [6.45, 7) is 5.90. The van der Waals surface area contributed by atoms with Crippen molar-refractivity contribution in [1.29, 1.82) is 0 Å². The molecule has 1 amide bonds. The number of carbonyl (C=O) groups excluding carboxylic acids is 1. The van der Waals surface area contributed by atoms with Gasteiger partial charge in [-0.3, -0.25) is 4.79 Å². The summed E-state index contributed by atoms with van der Waals surface area (Å²) in [5.41, 5.74) is 5.77. The molecule has 1 aliphatic rings. The molecular formula is C15H32N4O. The van der Waals surface area contributed by atoms with Crippen molar-refractivity contribution in [3.8, 4) is 0 Å². The first-order chi connectivity index (χ1) is 9.40. The number of likely N-dealkylation sites (tertiary alicyclic amines) is 1. The Hall–Kier alpha value is -0.650. The van der Waals surface area contributed by atoms with Gasteiger partial charge in [-0.15, -0.1) is 0 Å². The molecule has 1 saturated heterocycles. The summed E-state index contributed by atoms with van der Waals surface area (Å²) in [5, 5.41) is 0. The van der Waals surface area contributed by atoms with Crippen LogP contribution in [0.5, 0.6) is 0 Å². The average molecular weight is 284 g/mol. The van der Waals surface area contributed by atoms with E-state index in [-0.39, 0.29) is 11.9 Å². The maximum absolute atomic E-state index is 12.5. The fourth-order valence-corrected chi connectivity index (χ4v) is 2.62. The van der Waals surface area contributed by atoms with Crippen molar-refractivity contribution in [3.05, 3.63) is 0 Å². The van der Waals surface area contributed by atoms with E-state index in [0.717, 1.165) is 45.4 Å². The molecule has 0 radical (unpaired) electrons. The molecule has 1 rings (SSSR count). The molecule has 5 heteroatoms. The van der Waals surface area contributed by atoms with Gasteiger partial charge in [-0.2, -0.15) is 0 Å². The zero-order chi connectivity index (χ0) is 15.1. The van der Waals surface area contributed by atoms with E-state index in [1.54, 1.807) is 0 Å². The third-order valence-electron chi connectivity index (χ3n) is 4.05. The van der Waals surface area contributed by atoms with Crippen molar-refractivity contribution < 1.29 is 4.79 Å². The Labute approximate surface area is 124 Å². The molecule has 1 fully saturated rings. The van der Waals surface area contributed by atoms with Crippen LogP contribution in [0.15, 0.2) is 0 Å². The highest BCUT2D eigenvalue weighted by atomic mass is 16.2. The second-order valence-electron chi connectivity index (χ2n) is 6.44. The van der Waals surface area contributed by atoms with E-state index in [2.05, 4.69) is 35.8 Å². The summed E-state index contributed by atoms with van der Waals surface area (Å²) in [5.74, 6) is 0.277. The van der Waals surface area contributed by atoms with Crippen molar-refractivity contribution >= 4 is 5.91 Å². The number of amides is 1. The fraction of sp³-hybridized carbons (Fsp3) is 0.933. The first-order valence-corrected chi connectivity index (χ1v) is 7.78. The predicted molar refractivity (Wildman–Crippen MR) is 83.7 cm³/mol. The van der Waals surface area contributed by atoms with Gasteiger partial charge in [0.05, 0.1) is 0 Å². The number of hydrogen-bond acceptors (Lipinski definition) is 4. The SMILES string of the molecule is CC(N)CCC(=O)N(CCN(C)C)C1CCN(C)CC1. The summed E-state index contributed by atoms with van der Waals surface area (Å²) in [7, 11) is 6.26. The minimum Gasteiger partial charge on any atom is -0.338 e. The Morgan fingerprint density at radius 3 is 2.40 bits per heavy atom. The zero-order valence-electron chi connectivity index (χ0n) is 13.6. The predicted octanol–water partition coefficient (Wildman–Crippen LogP) is 0.598. The molecule has 1 atom stereocenters. The quantitative estimate of drug-likeness (QED) is 0.744. The van der Waals surface area contributed by atoms with Crippen LogP contribution in [0.2, 0.25) is 0 Å². The number of hydrogen-bond donors (Lipinski definition) is 1. The number of likely N-dealkylation sites (N-methyl/N-ethyl adjacent to an activating group) is 1. The van der Waals surface area contributed by atoms with Crippen LogP contribution in [0.3, 0.4) is 0 Å². The molecule has 1 aliphatic heterocycles. The van der Waals surface area contributed by atoms with Gasteiger partial charge in [0, 0.05) is 31.6 Å². The molecule has 0 aromatic rings. The van der Waals surface area contributed by atoms with Crippen LogP contribution in [-0.2, 0) is 4.79 Å². The van der Waals surface area contributed by atoms with E-state index in [0.29, 0.717) is 12.5 Å². The van der Waals surface area contributed by atoms with Crippen LogP contribution in [0.4, 0.5) is 0 Å². The molecule has 0 aliphatic carbocycles. The van der Waals surface area contributed by atoms with Crippen molar-refractivity contribution in [2.45, 2.75) is 44.7 Å². The van der Waals surface area contributed by atoms with Crippen molar-refractivity contribution in [3.63, 3.8) is 0 Å². The van der Waals surface area contributed by atoms with Gasteiger partial charge in [0.2, 0.25) is 5.91 Å². The van der Waals surface area contributed by atoms with Crippen LogP contribution < -0.4 is 5.73 Å². The number of piperidine rings is 1. The van der Waals surface area contributed by atoms with Crippen LogP contribution in [-0.4, -0.2) is 80.0 Å². The van der Waals surface area contributed by atoms with Crippen LogP contribution >= 0.6 is 0 Å². The van der Waals surface area contributed by atoms with Gasteiger partial charge in [-0.1, -0.05) is 0 Å². The number of nitrogens with zero attached hydrogens (tertiary/aromatic N) is 3. The number of rotatable bonds is 7. The van der Waals surface area contributed by atoms with Crippen molar-refractivity contribution in [2.24, 2.45) is 5.73 Å². The summed E-state index contributed by atoms with van der Waals surface area (Å²) >= 11 is 0. The van der Waals surface area contributed by atoms with E-state index >= 15 is 0 Å². The Morgan fingerprint density at radius 2 is 1.90 bits per heavy atom. The Balaban J connectivity index is 2.56. The second kappa shape index (κ2) is 8.60. The minimum atomic E-state index is 0.104.